The molecule has 0 heterocycles. The van der Waals surface area contributed by atoms with E-state index in [0.717, 1.165) is 24.1 Å². The van der Waals surface area contributed by atoms with Crippen molar-refractivity contribution in [3.05, 3.63) is 29.8 Å². The molecule has 1 saturated carbocycles. The second-order valence-corrected chi connectivity index (χ2v) is 4.83. The Labute approximate surface area is 97.5 Å². The largest absolute Gasteiger partial charge is 0.398 e. The summed E-state index contributed by atoms with van der Waals surface area (Å²) >= 11 is 0. The van der Waals surface area contributed by atoms with Crippen molar-refractivity contribution in [3.8, 4) is 0 Å². The molecule has 0 aromatic heterocycles. The van der Waals surface area contributed by atoms with Gasteiger partial charge in [-0.3, -0.25) is 0 Å². The molecule has 1 aromatic rings. The molecule has 1 aromatic carbocycles. The molecule has 2 heteroatoms. The predicted molar refractivity (Wildman–Crippen MR) is 67.0 cm³/mol. The number of nitrogen functional groups attached to an aromatic ring is 1. The second-order valence-electron chi connectivity index (χ2n) is 4.83. The number of para-hydroxylation sites is 1. The number of aliphatic hydroxyl groups is 1. The van der Waals surface area contributed by atoms with E-state index < -0.39 is 0 Å². The van der Waals surface area contributed by atoms with Crippen LogP contribution in [-0.4, -0.2) is 5.11 Å². The van der Waals surface area contributed by atoms with Crippen molar-refractivity contribution >= 4 is 5.69 Å². The van der Waals surface area contributed by atoms with Gasteiger partial charge < -0.3 is 10.8 Å². The number of aliphatic hydroxyl groups excluding tert-OH is 1. The Hall–Kier alpha value is -1.02. The van der Waals surface area contributed by atoms with Crippen LogP contribution in [0.25, 0.3) is 0 Å². The zero-order valence-electron chi connectivity index (χ0n) is 9.73. The van der Waals surface area contributed by atoms with E-state index in [4.69, 9.17) is 5.73 Å². The monoisotopic (exact) mass is 219 g/mol. The molecule has 2 rings (SSSR count). The van der Waals surface area contributed by atoms with Crippen LogP contribution >= 0.6 is 0 Å². The third kappa shape index (κ3) is 2.56. The molecule has 1 fully saturated rings. The highest BCUT2D eigenvalue weighted by atomic mass is 16.3. The minimum absolute atomic E-state index is 0.376. The molecule has 0 spiro atoms. The van der Waals surface area contributed by atoms with Gasteiger partial charge in [-0.05, 0) is 24.8 Å². The average molecular weight is 219 g/mol. The Kier molecular flexibility index (Phi) is 3.83. The Balaban J connectivity index is 2.11. The van der Waals surface area contributed by atoms with Gasteiger partial charge in [0.25, 0.3) is 0 Å². The van der Waals surface area contributed by atoms with Gasteiger partial charge in [-0.25, -0.2) is 0 Å². The quantitative estimate of drug-likeness (QED) is 0.592. The molecule has 1 atom stereocenters. The molecular weight excluding hydrogens is 198 g/mol. The summed E-state index contributed by atoms with van der Waals surface area (Å²) in [6, 6.07) is 7.68. The molecule has 16 heavy (non-hydrogen) atoms. The van der Waals surface area contributed by atoms with Crippen LogP contribution in [0, 0.1) is 5.92 Å². The molecule has 0 bridgehead atoms. The third-order valence-corrected chi connectivity index (χ3v) is 3.66. The Bertz CT molecular complexity index is 329. The van der Waals surface area contributed by atoms with Crippen LogP contribution in [0.15, 0.2) is 24.3 Å². The van der Waals surface area contributed by atoms with Crippen molar-refractivity contribution in [2.45, 2.75) is 44.6 Å². The van der Waals surface area contributed by atoms with Gasteiger partial charge in [-0.1, -0.05) is 43.9 Å². The summed E-state index contributed by atoms with van der Waals surface area (Å²) in [6.45, 7) is 0. The maximum absolute atomic E-state index is 10.4. The van der Waals surface area contributed by atoms with Gasteiger partial charge in [0.15, 0.2) is 0 Å². The van der Waals surface area contributed by atoms with E-state index in [2.05, 4.69) is 0 Å². The molecule has 0 amide bonds. The van der Waals surface area contributed by atoms with Gasteiger partial charge in [0, 0.05) is 11.3 Å². The van der Waals surface area contributed by atoms with Gasteiger partial charge in [-0.2, -0.15) is 0 Å². The SMILES string of the molecule is Nc1ccccc1C(O)C1CCCCCC1. The first-order valence-electron chi connectivity index (χ1n) is 6.31. The first-order valence-corrected chi connectivity index (χ1v) is 6.31. The molecule has 0 radical (unpaired) electrons. The minimum atomic E-state index is -0.376. The fourth-order valence-corrected chi connectivity index (χ4v) is 2.66. The van der Waals surface area contributed by atoms with Crippen molar-refractivity contribution in [1.82, 2.24) is 0 Å². The maximum atomic E-state index is 10.4. The number of hydrogen-bond acceptors (Lipinski definition) is 2. The highest BCUT2D eigenvalue weighted by molar-refractivity contribution is 5.47. The van der Waals surface area contributed by atoms with E-state index >= 15 is 0 Å². The van der Waals surface area contributed by atoms with E-state index in [0.29, 0.717) is 5.92 Å². The number of rotatable bonds is 2. The second kappa shape index (κ2) is 5.35. The molecular formula is C14H21NO. The van der Waals surface area contributed by atoms with Crippen LogP contribution in [0.4, 0.5) is 5.69 Å². The van der Waals surface area contributed by atoms with Gasteiger partial charge >= 0.3 is 0 Å². The summed E-state index contributed by atoms with van der Waals surface area (Å²) in [5, 5.41) is 10.4. The van der Waals surface area contributed by atoms with Crippen LogP contribution in [0.3, 0.4) is 0 Å². The zero-order valence-corrected chi connectivity index (χ0v) is 9.73. The number of benzene rings is 1. The number of anilines is 1. The number of hydrogen-bond donors (Lipinski definition) is 2. The summed E-state index contributed by atoms with van der Waals surface area (Å²) in [6.07, 6.45) is 7.01. The van der Waals surface area contributed by atoms with Gasteiger partial charge in [0.1, 0.15) is 0 Å². The third-order valence-electron chi connectivity index (χ3n) is 3.66. The first kappa shape index (κ1) is 11.5. The van der Waals surface area contributed by atoms with Crippen LogP contribution in [-0.2, 0) is 0 Å². The lowest BCUT2D eigenvalue weighted by Crippen LogP contribution is -2.13. The summed E-state index contributed by atoms with van der Waals surface area (Å²) in [7, 11) is 0. The molecule has 0 aliphatic heterocycles. The standard InChI is InChI=1S/C14H21NO/c15-13-10-6-5-9-12(13)14(16)11-7-3-1-2-4-8-11/h5-6,9-11,14,16H,1-4,7-8,15H2. The fourth-order valence-electron chi connectivity index (χ4n) is 2.66. The summed E-state index contributed by atoms with van der Waals surface area (Å²) in [5.74, 6) is 0.396. The van der Waals surface area contributed by atoms with E-state index in [9.17, 15) is 5.11 Å². The summed E-state index contributed by atoms with van der Waals surface area (Å²) in [5.41, 5.74) is 7.54. The van der Waals surface area contributed by atoms with Crippen LogP contribution in [0.2, 0.25) is 0 Å². The highest BCUT2D eigenvalue weighted by Gasteiger charge is 2.23. The predicted octanol–water partition coefficient (Wildman–Crippen LogP) is 3.27. The van der Waals surface area contributed by atoms with Crippen molar-refractivity contribution < 1.29 is 5.11 Å². The summed E-state index contributed by atoms with van der Waals surface area (Å²) in [4.78, 5) is 0. The van der Waals surface area contributed by atoms with E-state index in [-0.39, 0.29) is 6.10 Å². The number of nitrogens with two attached hydrogens (primary N) is 1. The van der Waals surface area contributed by atoms with Gasteiger partial charge in [-0.15, -0.1) is 0 Å². The molecule has 88 valence electrons. The minimum Gasteiger partial charge on any atom is -0.398 e. The lowest BCUT2D eigenvalue weighted by molar-refractivity contribution is 0.0994. The Morgan fingerprint density at radius 3 is 2.31 bits per heavy atom. The van der Waals surface area contributed by atoms with Crippen molar-refractivity contribution in [1.29, 1.82) is 0 Å². The van der Waals surface area contributed by atoms with E-state index in [1.165, 1.54) is 25.7 Å². The fraction of sp³-hybridized carbons (Fsp3) is 0.571. The van der Waals surface area contributed by atoms with E-state index in [1.807, 2.05) is 24.3 Å². The van der Waals surface area contributed by atoms with E-state index in [1.54, 1.807) is 0 Å². The smallest absolute Gasteiger partial charge is 0.0838 e. The van der Waals surface area contributed by atoms with Crippen LogP contribution in [0.1, 0.15) is 50.2 Å². The molecule has 1 unspecified atom stereocenters. The van der Waals surface area contributed by atoms with Crippen molar-refractivity contribution in [2.75, 3.05) is 5.73 Å². The normalized spacial score (nSPS) is 20.3. The Morgan fingerprint density at radius 1 is 1.06 bits per heavy atom. The van der Waals surface area contributed by atoms with Crippen molar-refractivity contribution in [3.63, 3.8) is 0 Å². The average Bonchev–Trinajstić information content (AvgIpc) is 2.57. The van der Waals surface area contributed by atoms with Crippen LogP contribution in [0.5, 0.6) is 0 Å². The van der Waals surface area contributed by atoms with Crippen molar-refractivity contribution in [2.24, 2.45) is 5.92 Å². The maximum Gasteiger partial charge on any atom is 0.0838 e. The van der Waals surface area contributed by atoms with Gasteiger partial charge in [0.05, 0.1) is 6.10 Å². The Morgan fingerprint density at radius 2 is 1.69 bits per heavy atom. The van der Waals surface area contributed by atoms with Gasteiger partial charge in [0.2, 0.25) is 0 Å². The summed E-state index contributed by atoms with van der Waals surface area (Å²) < 4.78 is 0. The lowest BCUT2D eigenvalue weighted by atomic mass is 9.89. The molecule has 1 aliphatic rings. The molecule has 1 aliphatic carbocycles. The zero-order chi connectivity index (χ0) is 11.4. The topological polar surface area (TPSA) is 46.2 Å². The highest BCUT2D eigenvalue weighted by Crippen LogP contribution is 2.35. The molecule has 2 nitrogen and oxygen atoms in total. The lowest BCUT2D eigenvalue weighted by Gasteiger charge is -2.22. The van der Waals surface area contributed by atoms with Crippen LogP contribution < -0.4 is 5.73 Å². The first-order chi connectivity index (χ1) is 7.79. The molecule has 0 saturated heterocycles. The molecule has 3 N–H and O–H groups in total.